The van der Waals surface area contributed by atoms with Crippen LogP contribution in [0.15, 0.2) is 29.8 Å². The minimum Gasteiger partial charge on any atom is -0.545 e. The van der Waals surface area contributed by atoms with Crippen LogP contribution in [0.5, 0.6) is 0 Å². The number of hydrogen-bond acceptors (Lipinski definition) is 3. The Balaban J connectivity index is 0.00000112. The Morgan fingerprint density at radius 2 is 1.87 bits per heavy atom. The minimum absolute atomic E-state index is 0. The maximum Gasteiger partial charge on any atom is 1.00 e. The number of hydrogen-bond donors (Lipinski definition) is 0. The van der Waals surface area contributed by atoms with Gasteiger partial charge in [0.15, 0.2) is 0 Å². The zero-order chi connectivity index (χ0) is 9.97. The monoisotopic (exact) mass is 196 g/mol. The van der Waals surface area contributed by atoms with Gasteiger partial charge in [-0.1, -0.05) is 30.3 Å². The largest absolute Gasteiger partial charge is 1.00 e. The second-order valence-electron chi connectivity index (χ2n) is 3.20. The van der Waals surface area contributed by atoms with E-state index in [0.717, 1.165) is 5.56 Å². The van der Waals surface area contributed by atoms with Gasteiger partial charge in [-0.3, -0.25) is 0 Å². The van der Waals surface area contributed by atoms with Gasteiger partial charge in [0.05, 0.1) is 19.2 Å². The molecule has 0 radical (unpaired) electrons. The summed E-state index contributed by atoms with van der Waals surface area (Å²) in [5.74, 6) is -1.14. The predicted octanol–water partition coefficient (Wildman–Crippen LogP) is -2.53. The fourth-order valence-corrected chi connectivity index (χ4v) is 1.25. The zero-order valence-corrected chi connectivity index (χ0v) is 8.53. The first-order valence-electron chi connectivity index (χ1n) is 4.34. The van der Waals surface area contributed by atoms with E-state index in [0.29, 0.717) is 13.2 Å². The number of carbonyl (C=O) groups is 1. The van der Waals surface area contributed by atoms with Gasteiger partial charge in [-0.2, -0.15) is 0 Å². The molecule has 0 aromatic heterocycles. The van der Waals surface area contributed by atoms with Gasteiger partial charge in [0.25, 0.3) is 0 Å². The number of rotatable bonds is 2. The number of carboxylic acid groups (broad SMARTS) is 1. The minimum atomic E-state index is -1.14. The summed E-state index contributed by atoms with van der Waals surface area (Å²) in [6, 6.07) is 6.61. The summed E-state index contributed by atoms with van der Waals surface area (Å²) in [6.45, 7) is 1.37. The Hall–Kier alpha value is -1.01. The van der Waals surface area contributed by atoms with Crippen molar-refractivity contribution in [3.8, 4) is 0 Å². The van der Waals surface area contributed by atoms with Gasteiger partial charge < -0.3 is 14.6 Å². The molecule has 1 saturated heterocycles. The van der Waals surface area contributed by atoms with Crippen LogP contribution in [0.4, 0.5) is 0 Å². The normalized spacial score (nSPS) is 13.7. The summed E-state index contributed by atoms with van der Waals surface area (Å²) in [4.78, 5) is 10.5. The van der Waals surface area contributed by atoms with Crippen molar-refractivity contribution < 1.29 is 33.5 Å². The molecule has 72 valence electrons. The maximum absolute atomic E-state index is 10.5. The molecule has 0 unspecified atom stereocenters. The van der Waals surface area contributed by atoms with Gasteiger partial charge in [-0.05, 0) is 16.7 Å². The van der Waals surface area contributed by atoms with Gasteiger partial charge in [-0.25, -0.2) is 0 Å². The van der Waals surface area contributed by atoms with Gasteiger partial charge in [0.1, 0.15) is 0 Å². The molecule has 0 aliphatic carbocycles. The van der Waals surface area contributed by atoms with Crippen molar-refractivity contribution >= 4 is 12.0 Å². The molecule has 1 fully saturated rings. The summed E-state index contributed by atoms with van der Waals surface area (Å²) >= 11 is 0. The fraction of sp³-hybridized carbons (Fsp3) is 0.182. The zero-order valence-electron chi connectivity index (χ0n) is 8.53. The summed E-state index contributed by atoms with van der Waals surface area (Å²) < 4.78 is 5.00. The molecule has 0 N–H and O–H groups in total. The number of aromatic carboxylic acids is 1. The summed E-state index contributed by atoms with van der Waals surface area (Å²) in [5, 5.41) is 10.5. The number of carboxylic acids is 1. The van der Waals surface area contributed by atoms with E-state index in [4.69, 9.17) is 4.74 Å². The summed E-state index contributed by atoms with van der Waals surface area (Å²) in [6.07, 6.45) is 2.00. The van der Waals surface area contributed by atoms with E-state index in [1.54, 1.807) is 24.3 Å². The first-order valence-corrected chi connectivity index (χ1v) is 4.34. The van der Waals surface area contributed by atoms with Crippen LogP contribution in [0.1, 0.15) is 15.9 Å². The number of benzene rings is 1. The van der Waals surface area contributed by atoms with Crippen molar-refractivity contribution in [1.29, 1.82) is 0 Å². The van der Waals surface area contributed by atoms with Gasteiger partial charge in [0, 0.05) is 0 Å². The molecule has 1 aromatic rings. The van der Waals surface area contributed by atoms with E-state index in [9.17, 15) is 9.90 Å². The average Bonchev–Trinajstić information content (AvgIpc) is 2.12. The van der Waals surface area contributed by atoms with E-state index in [-0.39, 0.29) is 24.4 Å². The van der Waals surface area contributed by atoms with Crippen LogP contribution in [0.2, 0.25) is 0 Å². The summed E-state index contributed by atoms with van der Waals surface area (Å²) in [7, 11) is 0. The van der Waals surface area contributed by atoms with Crippen molar-refractivity contribution in [2.75, 3.05) is 13.2 Å². The third-order valence-electron chi connectivity index (χ3n) is 2.09. The molecule has 0 saturated carbocycles. The molecule has 0 amide bonds. The predicted molar refractivity (Wildman–Crippen MR) is 49.6 cm³/mol. The van der Waals surface area contributed by atoms with Crippen LogP contribution in [0.25, 0.3) is 6.08 Å². The van der Waals surface area contributed by atoms with Crippen LogP contribution in [-0.2, 0) is 4.74 Å². The van der Waals surface area contributed by atoms with Gasteiger partial charge in [0.2, 0.25) is 0 Å². The molecular formula is C11H9LiO3. The van der Waals surface area contributed by atoms with E-state index in [1.807, 2.05) is 6.08 Å². The molecule has 0 bridgehead atoms. The molecule has 3 nitrogen and oxygen atoms in total. The van der Waals surface area contributed by atoms with Crippen molar-refractivity contribution in [3.05, 3.63) is 41.0 Å². The van der Waals surface area contributed by atoms with Crippen LogP contribution in [-0.4, -0.2) is 19.2 Å². The maximum atomic E-state index is 10.5. The van der Waals surface area contributed by atoms with Gasteiger partial charge >= 0.3 is 18.9 Å². The third-order valence-corrected chi connectivity index (χ3v) is 2.09. The molecule has 15 heavy (non-hydrogen) atoms. The Labute approximate surface area is 99.9 Å². The van der Waals surface area contributed by atoms with Crippen LogP contribution < -0.4 is 24.0 Å². The molecule has 4 heteroatoms. The third kappa shape index (κ3) is 2.97. The summed E-state index contributed by atoms with van der Waals surface area (Å²) in [5.41, 5.74) is 2.43. The van der Waals surface area contributed by atoms with Crippen molar-refractivity contribution in [1.82, 2.24) is 0 Å². The van der Waals surface area contributed by atoms with Crippen LogP contribution >= 0.6 is 0 Å². The quantitative estimate of drug-likeness (QED) is 0.490. The SMILES string of the molecule is O=C([O-])c1ccc(C=C2COC2)cc1.[Li+]. The second-order valence-corrected chi connectivity index (χ2v) is 3.20. The van der Waals surface area contributed by atoms with E-state index >= 15 is 0 Å². The standard InChI is InChI=1S/C11H10O3.Li/c12-11(13)10-3-1-8(2-4-10)5-9-6-14-7-9;/h1-5H,6-7H2,(H,12,13);/q;+1/p-1. The second kappa shape index (κ2) is 5.18. The molecule has 0 spiro atoms. The van der Waals surface area contributed by atoms with E-state index in [2.05, 4.69) is 0 Å². The Morgan fingerprint density at radius 1 is 1.27 bits per heavy atom. The van der Waals surface area contributed by atoms with E-state index < -0.39 is 5.97 Å². The van der Waals surface area contributed by atoms with Crippen molar-refractivity contribution in [2.45, 2.75) is 0 Å². The Morgan fingerprint density at radius 3 is 2.27 bits per heavy atom. The molecule has 1 heterocycles. The first kappa shape index (κ1) is 12.1. The fourth-order valence-electron chi connectivity index (χ4n) is 1.25. The van der Waals surface area contributed by atoms with Crippen molar-refractivity contribution in [2.24, 2.45) is 0 Å². The smallest absolute Gasteiger partial charge is 0.545 e. The van der Waals surface area contributed by atoms with Gasteiger partial charge in [-0.15, -0.1) is 0 Å². The molecule has 0 atom stereocenters. The van der Waals surface area contributed by atoms with Crippen LogP contribution in [0, 0.1) is 0 Å². The molecule has 1 aliphatic rings. The molecule has 1 aromatic carbocycles. The Kier molecular flexibility index (Phi) is 4.16. The van der Waals surface area contributed by atoms with E-state index in [1.165, 1.54) is 5.57 Å². The molecular weight excluding hydrogens is 187 g/mol. The molecule has 2 rings (SSSR count). The first-order chi connectivity index (χ1) is 6.75. The number of ether oxygens (including phenoxy) is 1. The number of carbonyl (C=O) groups excluding carboxylic acids is 1. The van der Waals surface area contributed by atoms with Crippen molar-refractivity contribution in [3.63, 3.8) is 0 Å². The molecule has 1 aliphatic heterocycles. The Bertz CT molecular complexity index is 375. The topological polar surface area (TPSA) is 49.4 Å². The average molecular weight is 196 g/mol. The van der Waals surface area contributed by atoms with Crippen LogP contribution in [0.3, 0.4) is 0 Å².